The van der Waals surface area contributed by atoms with E-state index in [4.69, 9.17) is 5.73 Å². The van der Waals surface area contributed by atoms with Crippen molar-refractivity contribution in [3.63, 3.8) is 0 Å². The van der Waals surface area contributed by atoms with Crippen molar-refractivity contribution in [1.82, 2.24) is 4.31 Å². The molecule has 0 saturated carbocycles. The summed E-state index contributed by atoms with van der Waals surface area (Å²) in [5, 5.41) is 0. The maximum absolute atomic E-state index is 12.4. The number of halogens is 3. The van der Waals surface area contributed by atoms with Gasteiger partial charge in [-0.2, -0.15) is 4.31 Å². The van der Waals surface area contributed by atoms with Crippen molar-refractivity contribution in [2.45, 2.75) is 24.2 Å². The molecule has 2 rings (SSSR count). The third-order valence-electron chi connectivity index (χ3n) is 3.31. The summed E-state index contributed by atoms with van der Waals surface area (Å²) < 4.78 is 66.2. The fraction of sp³-hybridized carbons (Fsp3) is 0.500. The molecule has 1 aliphatic heterocycles. The Kier molecular flexibility index (Phi) is 4.18. The summed E-state index contributed by atoms with van der Waals surface area (Å²) >= 11 is 0. The molecule has 1 aromatic carbocycles. The third kappa shape index (κ3) is 3.66. The molecule has 0 amide bonds. The molecule has 0 aliphatic carbocycles. The SMILES string of the molecule is CC1CN(S(=O)(=O)c2cccc(OC(F)(F)F)c2)CC1N. The number of ether oxygens (including phenoxy) is 1. The molecule has 2 unspecified atom stereocenters. The highest BCUT2D eigenvalue weighted by Crippen LogP contribution is 2.28. The Labute approximate surface area is 120 Å². The Balaban J connectivity index is 2.27. The first kappa shape index (κ1) is 16.1. The van der Waals surface area contributed by atoms with Gasteiger partial charge in [-0.15, -0.1) is 13.2 Å². The lowest BCUT2D eigenvalue weighted by Gasteiger charge is -2.17. The van der Waals surface area contributed by atoms with Crippen molar-refractivity contribution in [3.05, 3.63) is 24.3 Å². The minimum Gasteiger partial charge on any atom is -0.406 e. The monoisotopic (exact) mass is 324 g/mol. The molecule has 1 heterocycles. The summed E-state index contributed by atoms with van der Waals surface area (Å²) in [7, 11) is -3.88. The molecule has 1 aromatic rings. The van der Waals surface area contributed by atoms with Gasteiger partial charge in [0.15, 0.2) is 0 Å². The van der Waals surface area contributed by atoms with E-state index in [1.165, 1.54) is 16.4 Å². The molecule has 2 atom stereocenters. The fourth-order valence-electron chi connectivity index (χ4n) is 2.12. The Morgan fingerprint density at radius 1 is 1.33 bits per heavy atom. The fourth-order valence-corrected chi connectivity index (χ4v) is 3.74. The molecule has 0 bridgehead atoms. The second kappa shape index (κ2) is 5.47. The molecule has 9 heteroatoms. The van der Waals surface area contributed by atoms with Crippen LogP contribution in [0, 0.1) is 5.92 Å². The molecule has 118 valence electrons. The van der Waals surface area contributed by atoms with Gasteiger partial charge in [0.25, 0.3) is 0 Å². The Bertz CT molecular complexity index is 608. The minimum absolute atomic E-state index is 0.00520. The van der Waals surface area contributed by atoms with Crippen LogP contribution in [0.5, 0.6) is 5.75 Å². The molecule has 2 N–H and O–H groups in total. The lowest BCUT2D eigenvalue weighted by molar-refractivity contribution is -0.274. The van der Waals surface area contributed by atoms with E-state index >= 15 is 0 Å². The van der Waals surface area contributed by atoms with Crippen LogP contribution in [-0.4, -0.2) is 38.2 Å². The lowest BCUT2D eigenvalue weighted by atomic mass is 10.1. The predicted octanol–water partition coefficient (Wildman–Crippen LogP) is 1.55. The molecule has 1 saturated heterocycles. The second-order valence-corrected chi connectivity index (χ2v) is 6.92. The van der Waals surface area contributed by atoms with E-state index in [9.17, 15) is 21.6 Å². The molecular weight excluding hydrogens is 309 g/mol. The summed E-state index contributed by atoms with van der Waals surface area (Å²) in [4.78, 5) is -0.245. The van der Waals surface area contributed by atoms with Gasteiger partial charge in [0, 0.05) is 25.2 Å². The molecule has 21 heavy (non-hydrogen) atoms. The Morgan fingerprint density at radius 2 is 2.00 bits per heavy atom. The van der Waals surface area contributed by atoms with Crippen LogP contribution in [0.15, 0.2) is 29.2 Å². The summed E-state index contributed by atoms with van der Waals surface area (Å²) in [5.41, 5.74) is 5.78. The Morgan fingerprint density at radius 3 is 2.52 bits per heavy atom. The third-order valence-corrected chi connectivity index (χ3v) is 5.14. The highest BCUT2D eigenvalue weighted by Gasteiger charge is 2.36. The number of sulfonamides is 1. The number of rotatable bonds is 3. The van der Waals surface area contributed by atoms with Gasteiger partial charge in [-0.25, -0.2) is 8.42 Å². The predicted molar refractivity (Wildman–Crippen MR) is 69.0 cm³/mol. The van der Waals surface area contributed by atoms with Crippen molar-refractivity contribution in [3.8, 4) is 5.75 Å². The highest BCUT2D eigenvalue weighted by atomic mass is 32.2. The van der Waals surface area contributed by atoms with Gasteiger partial charge in [-0.05, 0) is 18.1 Å². The Hall–Kier alpha value is -1.32. The highest BCUT2D eigenvalue weighted by molar-refractivity contribution is 7.89. The molecule has 1 aliphatic rings. The van der Waals surface area contributed by atoms with Crippen LogP contribution in [-0.2, 0) is 10.0 Å². The van der Waals surface area contributed by atoms with Crippen molar-refractivity contribution in [1.29, 1.82) is 0 Å². The van der Waals surface area contributed by atoms with Gasteiger partial charge in [0.1, 0.15) is 5.75 Å². The van der Waals surface area contributed by atoms with Gasteiger partial charge < -0.3 is 10.5 Å². The smallest absolute Gasteiger partial charge is 0.406 e. The maximum atomic E-state index is 12.4. The first-order valence-corrected chi connectivity index (χ1v) is 7.65. The summed E-state index contributed by atoms with van der Waals surface area (Å²) in [5.74, 6) is -0.575. The topological polar surface area (TPSA) is 72.6 Å². The van der Waals surface area contributed by atoms with Gasteiger partial charge >= 0.3 is 6.36 Å². The largest absolute Gasteiger partial charge is 0.573 e. The quantitative estimate of drug-likeness (QED) is 0.916. The standard InChI is InChI=1S/C12H15F3N2O3S/c1-8-6-17(7-11(8)16)21(18,19)10-4-2-3-9(5-10)20-12(13,14)15/h2-5,8,11H,6-7,16H2,1H3. The molecule has 5 nitrogen and oxygen atoms in total. The lowest BCUT2D eigenvalue weighted by Crippen LogP contribution is -2.32. The van der Waals surface area contributed by atoms with Crippen LogP contribution >= 0.6 is 0 Å². The molecule has 0 aromatic heterocycles. The average Bonchev–Trinajstić information content (AvgIpc) is 2.68. The van der Waals surface area contributed by atoms with E-state index in [-0.39, 0.29) is 29.9 Å². The van der Waals surface area contributed by atoms with E-state index in [1.54, 1.807) is 0 Å². The summed E-state index contributed by atoms with van der Waals surface area (Å²) in [6, 6.07) is 4.05. The van der Waals surface area contributed by atoms with Crippen LogP contribution in [0.25, 0.3) is 0 Å². The number of hydrogen-bond acceptors (Lipinski definition) is 4. The first-order chi connectivity index (χ1) is 9.59. The van der Waals surface area contributed by atoms with E-state index < -0.39 is 22.1 Å². The molecular formula is C12H15F3N2O3S. The second-order valence-electron chi connectivity index (χ2n) is 4.99. The normalized spacial score (nSPS) is 24.2. The van der Waals surface area contributed by atoms with E-state index in [1.807, 2.05) is 6.92 Å². The number of nitrogens with two attached hydrogens (primary N) is 1. The summed E-state index contributed by atoms with van der Waals surface area (Å²) in [6.45, 7) is 2.21. The average molecular weight is 324 g/mol. The number of hydrogen-bond donors (Lipinski definition) is 1. The van der Waals surface area contributed by atoms with E-state index in [0.717, 1.165) is 12.1 Å². The number of benzene rings is 1. The van der Waals surface area contributed by atoms with E-state index in [2.05, 4.69) is 4.74 Å². The van der Waals surface area contributed by atoms with Crippen LogP contribution in [0.4, 0.5) is 13.2 Å². The number of alkyl halides is 3. The first-order valence-electron chi connectivity index (χ1n) is 6.21. The zero-order valence-corrected chi connectivity index (χ0v) is 12.0. The van der Waals surface area contributed by atoms with Gasteiger partial charge in [-0.3, -0.25) is 0 Å². The van der Waals surface area contributed by atoms with Crippen LogP contribution in [0.2, 0.25) is 0 Å². The molecule has 0 radical (unpaired) electrons. The molecule has 1 fully saturated rings. The van der Waals surface area contributed by atoms with Crippen molar-refractivity contribution in [2.24, 2.45) is 11.7 Å². The maximum Gasteiger partial charge on any atom is 0.573 e. The number of nitrogens with zero attached hydrogens (tertiary/aromatic N) is 1. The van der Waals surface area contributed by atoms with E-state index in [0.29, 0.717) is 0 Å². The molecule has 0 spiro atoms. The van der Waals surface area contributed by atoms with Crippen LogP contribution in [0.1, 0.15) is 6.92 Å². The zero-order valence-electron chi connectivity index (χ0n) is 11.2. The van der Waals surface area contributed by atoms with Crippen LogP contribution < -0.4 is 10.5 Å². The van der Waals surface area contributed by atoms with Crippen molar-refractivity contribution < 1.29 is 26.3 Å². The minimum atomic E-state index is -4.87. The van der Waals surface area contributed by atoms with Gasteiger partial charge in [0.05, 0.1) is 4.90 Å². The van der Waals surface area contributed by atoms with Gasteiger partial charge in [-0.1, -0.05) is 13.0 Å². The van der Waals surface area contributed by atoms with Crippen molar-refractivity contribution in [2.75, 3.05) is 13.1 Å². The summed E-state index contributed by atoms with van der Waals surface area (Å²) in [6.07, 6.45) is -4.87. The zero-order chi connectivity index (χ0) is 15.8. The van der Waals surface area contributed by atoms with Crippen LogP contribution in [0.3, 0.4) is 0 Å². The van der Waals surface area contributed by atoms with Crippen molar-refractivity contribution >= 4 is 10.0 Å². The van der Waals surface area contributed by atoms with Gasteiger partial charge in [0.2, 0.25) is 10.0 Å².